The van der Waals surface area contributed by atoms with E-state index in [9.17, 15) is 9.59 Å². The molecule has 0 saturated heterocycles. The van der Waals surface area contributed by atoms with Gasteiger partial charge in [0.15, 0.2) is 0 Å². The Bertz CT molecular complexity index is 519. The van der Waals surface area contributed by atoms with Crippen LogP contribution in [0.1, 0.15) is 32.4 Å². The summed E-state index contributed by atoms with van der Waals surface area (Å²) in [5.74, 6) is -0.698. The maximum atomic E-state index is 11.8. The van der Waals surface area contributed by atoms with Crippen LogP contribution in [0.25, 0.3) is 0 Å². The Kier molecular flexibility index (Phi) is 3.19. The van der Waals surface area contributed by atoms with Crippen LogP contribution in [0.4, 0.5) is 5.69 Å². The Labute approximate surface area is 114 Å². The van der Waals surface area contributed by atoms with E-state index in [0.717, 1.165) is 4.47 Å². The highest BCUT2D eigenvalue weighted by Crippen LogP contribution is 2.36. The van der Waals surface area contributed by atoms with E-state index in [0.29, 0.717) is 11.3 Å². The van der Waals surface area contributed by atoms with E-state index >= 15 is 0 Å². The summed E-state index contributed by atoms with van der Waals surface area (Å²) in [5, 5.41) is 2.69. The minimum Gasteiger partial charge on any atom is -0.447 e. The van der Waals surface area contributed by atoms with Crippen molar-refractivity contribution in [2.75, 3.05) is 5.32 Å². The van der Waals surface area contributed by atoms with Crippen molar-refractivity contribution in [2.24, 2.45) is 5.41 Å². The number of hydrogen-bond donors (Lipinski definition) is 1. The number of nitrogens with one attached hydrogen (secondary N) is 1. The predicted molar refractivity (Wildman–Crippen MR) is 71.1 cm³/mol. The lowest BCUT2D eigenvalue weighted by molar-refractivity contribution is -0.162. The summed E-state index contributed by atoms with van der Waals surface area (Å²) in [6.07, 6.45) is -0.857. The fraction of sp³-hybridized carbons (Fsp3) is 0.385. The van der Waals surface area contributed by atoms with E-state index < -0.39 is 17.5 Å². The predicted octanol–water partition coefficient (Wildman–Crippen LogP) is 3.03. The molecule has 2 rings (SSSR count). The van der Waals surface area contributed by atoms with Crippen LogP contribution < -0.4 is 5.32 Å². The van der Waals surface area contributed by atoms with Crippen molar-refractivity contribution in [3.8, 4) is 0 Å². The molecule has 1 unspecified atom stereocenters. The van der Waals surface area contributed by atoms with E-state index in [1.807, 2.05) is 6.07 Å². The zero-order valence-electron chi connectivity index (χ0n) is 10.4. The van der Waals surface area contributed by atoms with Crippen LogP contribution in [0.5, 0.6) is 0 Å². The molecule has 1 aliphatic rings. The second-order valence-corrected chi connectivity index (χ2v) is 6.17. The second-order valence-electron chi connectivity index (χ2n) is 5.26. The number of rotatable bonds is 1. The van der Waals surface area contributed by atoms with E-state index in [1.165, 1.54) is 0 Å². The first kappa shape index (κ1) is 13.1. The first-order valence-corrected chi connectivity index (χ1v) is 6.40. The van der Waals surface area contributed by atoms with E-state index in [2.05, 4.69) is 21.2 Å². The third-order valence-corrected chi connectivity index (χ3v) is 3.12. The van der Waals surface area contributed by atoms with Crippen LogP contribution in [-0.4, -0.2) is 11.9 Å². The number of fused-ring (bicyclic) bond motifs is 1. The van der Waals surface area contributed by atoms with Gasteiger partial charge in [-0.3, -0.25) is 9.59 Å². The molecule has 1 atom stereocenters. The molecule has 0 fully saturated rings. The van der Waals surface area contributed by atoms with Crippen molar-refractivity contribution in [3.05, 3.63) is 28.2 Å². The van der Waals surface area contributed by atoms with Gasteiger partial charge in [0, 0.05) is 15.7 Å². The minimum atomic E-state index is -0.857. The largest absolute Gasteiger partial charge is 0.447 e. The number of hydrogen-bond acceptors (Lipinski definition) is 3. The van der Waals surface area contributed by atoms with Gasteiger partial charge in [-0.25, -0.2) is 0 Å². The number of amides is 1. The lowest BCUT2D eigenvalue weighted by Gasteiger charge is -2.19. The molecule has 0 bridgehead atoms. The monoisotopic (exact) mass is 311 g/mol. The van der Waals surface area contributed by atoms with Crippen LogP contribution in [0, 0.1) is 5.41 Å². The SMILES string of the molecule is CC(C)(C)C(=O)OC1C(=O)Nc2ccc(Br)cc21. The number of anilines is 1. The highest BCUT2D eigenvalue weighted by molar-refractivity contribution is 9.10. The Morgan fingerprint density at radius 1 is 1.39 bits per heavy atom. The number of esters is 1. The number of halogens is 1. The fourth-order valence-corrected chi connectivity index (χ4v) is 1.98. The fourth-order valence-electron chi connectivity index (χ4n) is 1.60. The molecule has 1 amide bonds. The molecule has 1 aromatic carbocycles. The Balaban J connectivity index is 2.28. The molecule has 5 heteroatoms. The van der Waals surface area contributed by atoms with Crippen molar-refractivity contribution >= 4 is 33.5 Å². The van der Waals surface area contributed by atoms with Crippen molar-refractivity contribution in [1.29, 1.82) is 0 Å². The second kappa shape index (κ2) is 4.39. The highest BCUT2D eigenvalue weighted by atomic mass is 79.9. The molecule has 1 aliphatic heterocycles. The molecule has 0 saturated carbocycles. The van der Waals surface area contributed by atoms with Gasteiger partial charge in [-0.15, -0.1) is 0 Å². The van der Waals surface area contributed by atoms with Crippen molar-refractivity contribution < 1.29 is 14.3 Å². The van der Waals surface area contributed by atoms with E-state index in [-0.39, 0.29) is 5.91 Å². The topological polar surface area (TPSA) is 55.4 Å². The van der Waals surface area contributed by atoms with Crippen LogP contribution in [0.15, 0.2) is 22.7 Å². The summed E-state index contributed by atoms with van der Waals surface area (Å²) in [6.45, 7) is 5.26. The first-order valence-electron chi connectivity index (χ1n) is 5.60. The van der Waals surface area contributed by atoms with Crippen molar-refractivity contribution in [1.82, 2.24) is 0 Å². The van der Waals surface area contributed by atoms with Gasteiger partial charge in [-0.2, -0.15) is 0 Å². The van der Waals surface area contributed by atoms with Crippen molar-refractivity contribution in [3.63, 3.8) is 0 Å². The van der Waals surface area contributed by atoms with Crippen molar-refractivity contribution in [2.45, 2.75) is 26.9 Å². The Morgan fingerprint density at radius 3 is 2.67 bits per heavy atom. The van der Waals surface area contributed by atoms with Gasteiger partial charge >= 0.3 is 5.97 Å². The first-order chi connectivity index (χ1) is 8.29. The molecular formula is C13H14BrNO3. The summed E-state index contributed by atoms with van der Waals surface area (Å²) >= 11 is 3.34. The molecule has 0 aromatic heterocycles. The average molecular weight is 312 g/mol. The number of ether oxygens (including phenoxy) is 1. The molecule has 96 valence electrons. The summed E-state index contributed by atoms with van der Waals surface area (Å²) in [7, 11) is 0. The van der Waals surface area contributed by atoms with Crippen LogP contribution in [-0.2, 0) is 14.3 Å². The normalized spacial score (nSPS) is 18.2. The molecule has 1 aromatic rings. The highest BCUT2D eigenvalue weighted by Gasteiger charge is 2.36. The average Bonchev–Trinajstić information content (AvgIpc) is 2.54. The lowest BCUT2D eigenvalue weighted by atomic mass is 9.97. The number of carbonyl (C=O) groups excluding carboxylic acids is 2. The number of carbonyl (C=O) groups is 2. The molecule has 4 nitrogen and oxygen atoms in total. The Hall–Kier alpha value is -1.36. The van der Waals surface area contributed by atoms with Gasteiger partial charge < -0.3 is 10.1 Å². The third kappa shape index (κ3) is 2.41. The van der Waals surface area contributed by atoms with E-state index in [4.69, 9.17) is 4.74 Å². The molecule has 18 heavy (non-hydrogen) atoms. The molecule has 1 N–H and O–H groups in total. The Morgan fingerprint density at radius 2 is 2.06 bits per heavy atom. The molecule has 0 aliphatic carbocycles. The molecule has 0 spiro atoms. The van der Waals surface area contributed by atoms with Gasteiger partial charge in [0.25, 0.3) is 5.91 Å². The maximum Gasteiger partial charge on any atom is 0.312 e. The van der Waals surface area contributed by atoms with Crippen LogP contribution in [0.2, 0.25) is 0 Å². The van der Waals surface area contributed by atoms with Crippen LogP contribution in [0.3, 0.4) is 0 Å². The zero-order valence-corrected chi connectivity index (χ0v) is 12.0. The number of benzene rings is 1. The minimum absolute atomic E-state index is 0.305. The summed E-state index contributed by atoms with van der Waals surface area (Å²) < 4.78 is 6.14. The van der Waals surface area contributed by atoms with Gasteiger partial charge in [0.05, 0.1) is 5.41 Å². The summed E-state index contributed by atoms with van der Waals surface area (Å²) in [5.41, 5.74) is 0.747. The smallest absolute Gasteiger partial charge is 0.312 e. The van der Waals surface area contributed by atoms with E-state index in [1.54, 1.807) is 32.9 Å². The zero-order chi connectivity index (χ0) is 13.5. The van der Waals surface area contributed by atoms with Gasteiger partial charge in [-0.1, -0.05) is 15.9 Å². The molecule has 0 radical (unpaired) electrons. The maximum absolute atomic E-state index is 11.8. The molecule has 1 heterocycles. The van der Waals surface area contributed by atoms with Crippen LogP contribution >= 0.6 is 15.9 Å². The summed E-state index contributed by atoms with van der Waals surface area (Å²) in [4.78, 5) is 23.6. The van der Waals surface area contributed by atoms with Gasteiger partial charge in [0.2, 0.25) is 6.10 Å². The molecular weight excluding hydrogens is 298 g/mol. The van der Waals surface area contributed by atoms with Gasteiger partial charge in [0.1, 0.15) is 0 Å². The third-order valence-electron chi connectivity index (χ3n) is 2.63. The quantitative estimate of drug-likeness (QED) is 0.811. The lowest BCUT2D eigenvalue weighted by Crippen LogP contribution is -2.27. The standard InChI is InChI=1S/C13H14BrNO3/c1-13(2,3)12(17)18-10-8-6-7(14)4-5-9(8)15-11(10)16/h4-6,10H,1-3H3,(H,15,16). The summed E-state index contributed by atoms with van der Waals surface area (Å²) in [6, 6.07) is 5.39. The van der Waals surface area contributed by atoms with Gasteiger partial charge in [-0.05, 0) is 39.0 Å².